The molecule has 0 aliphatic carbocycles. The second-order valence-corrected chi connectivity index (χ2v) is 4.51. The van der Waals surface area contributed by atoms with Gasteiger partial charge < -0.3 is 9.30 Å². The van der Waals surface area contributed by atoms with Gasteiger partial charge in [-0.05, 0) is 18.6 Å². The Bertz CT molecular complexity index is 784. The van der Waals surface area contributed by atoms with Crippen LogP contribution in [0.4, 0.5) is 0 Å². The normalized spacial score (nSPS) is 10.1. The van der Waals surface area contributed by atoms with Crippen LogP contribution in [-0.2, 0) is 13.6 Å². The molecule has 0 aliphatic rings. The molecule has 0 saturated carbocycles. The Hall–Kier alpha value is -2.81. The summed E-state index contributed by atoms with van der Waals surface area (Å²) >= 11 is 0. The average molecular weight is 285 g/mol. The van der Waals surface area contributed by atoms with E-state index in [9.17, 15) is 9.59 Å². The summed E-state index contributed by atoms with van der Waals surface area (Å²) in [5.74, 6) is 0.508. The van der Waals surface area contributed by atoms with Crippen LogP contribution in [0, 0.1) is 11.3 Å². The Morgan fingerprint density at radius 3 is 2.76 bits per heavy atom. The van der Waals surface area contributed by atoms with Gasteiger partial charge in [-0.15, -0.1) is 0 Å². The fourth-order valence-electron chi connectivity index (χ4n) is 1.91. The smallest absolute Gasteiger partial charge is 0.330 e. The van der Waals surface area contributed by atoms with Crippen molar-refractivity contribution in [2.45, 2.75) is 13.0 Å². The predicted molar refractivity (Wildman–Crippen MR) is 77.2 cm³/mol. The second kappa shape index (κ2) is 6.57. The van der Waals surface area contributed by atoms with Crippen LogP contribution in [0.3, 0.4) is 0 Å². The van der Waals surface area contributed by atoms with Gasteiger partial charge in [-0.3, -0.25) is 9.36 Å². The summed E-state index contributed by atoms with van der Waals surface area (Å²) in [6.45, 7) is 0.601. The maximum absolute atomic E-state index is 11.8. The van der Waals surface area contributed by atoms with E-state index < -0.39 is 0 Å². The molecule has 1 heterocycles. The Balaban J connectivity index is 1.97. The highest BCUT2D eigenvalue weighted by Crippen LogP contribution is 2.16. The summed E-state index contributed by atoms with van der Waals surface area (Å²) in [5.41, 5.74) is -0.208. The number of benzene rings is 1. The molecule has 21 heavy (non-hydrogen) atoms. The molecule has 6 heteroatoms. The van der Waals surface area contributed by atoms with Crippen molar-refractivity contribution in [1.29, 1.82) is 5.26 Å². The lowest BCUT2D eigenvalue weighted by molar-refractivity contribution is 0.298. The highest BCUT2D eigenvalue weighted by Gasteiger charge is 2.04. The molecule has 6 nitrogen and oxygen atoms in total. The molecule has 0 unspecified atom stereocenters. The minimum Gasteiger partial charge on any atom is -0.492 e. The molecule has 0 N–H and O–H groups in total. The van der Waals surface area contributed by atoms with Crippen molar-refractivity contribution in [2.24, 2.45) is 7.05 Å². The third kappa shape index (κ3) is 3.39. The lowest BCUT2D eigenvalue weighted by atomic mass is 10.2. The molecule has 0 aliphatic heterocycles. The third-order valence-corrected chi connectivity index (χ3v) is 3.03. The highest BCUT2D eigenvalue weighted by atomic mass is 16.5. The molecule has 0 bridgehead atoms. The van der Waals surface area contributed by atoms with Crippen molar-refractivity contribution in [2.75, 3.05) is 6.61 Å². The molecule has 1 aromatic carbocycles. The maximum atomic E-state index is 11.8. The fraction of sp³-hybridized carbons (Fsp3) is 0.267. The molecule has 0 atom stereocenters. The summed E-state index contributed by atoms with van der Waals surface area (Å²) in [5, 5.41) is 8.94. The summed E-state index contributed by atoms with van der Waals surface area (Å²) < 4.78 is 8.03. The number of aromatic nitrogens is 2. The molecule has 2 rings (SSSR count). The van der Waals surface area contributed by atoms with Crippen molar-refractivity contribution >= 4 is 0 Å². The summed E-state index contributed by atoms with van der Waals surface area (Å²) in [6, 6.07) is 10.3. The molecule has 0 spiro atoms. The van der Waals surface area contributed by atoms with Crippen LogP contribution in [0.2, 0.25) is 0 Å². The first-order valence-electron chi connectivity index (χ1n) is 6.52. The number of hydrogen-bond acceptors (Lipinski definition) is 4. The van der Waals surface area contributed by atoms with Crippen LogP contribution in [-0.4, -0.2) is 15.7 Å². The first kappa shape index (κ1) is 14.6. The van der Waals surface area contributed by atoms with Gasteiger partial charge >= 0.3 is 5.69 Å². The maximum Gasteiger partial charge on any atom is 0.330 e. The van der Waals surface area contributed by atoms with E-state index in [1.807, 2.05) is 6.07 Å². The SMILES string of the molecule is Cn1ccc(=O)n(CCCOc2ccccc2C#N)c1=O. The Morgan fingerprint density at radius 2 is 2.00 bits per heavy atom. The topological polar surface area (TPSA) is 77.0 Å². The summed E-state index contributed by atoms with van der Waals surface area (Å²) in [4.78, 5) is 23.4. The lowest BCUT2D eigenvalue weighted by Gasteiger charge is -2.09. The number of nitriles is 1. The van der Waals surface area contributed by atoms with Gasteiger partial charge in [0.05, 0.1) is 12.2 Å². The fourth-order valence-corrected chi connectivity index (χ4v) is 1.91. The molecule has 108 valence electrons. The van der Waals surface area contributed by atoms with Gasteiger partial charge in [-0.1, -0.05) is 12.1 Å². The van der Waals surface area contributed by atoms with E-state index in [1.165, 1.54) is 21.4 Å². The zero-order chi connectivity index (χ0) is 15.2. The van der Waals surface area contributed by atoms with E-state index in [0.29, 0.717) is 24.3 Å². The van der Waals surface area contributed by atoms with Crippen molar-refractivity contribution in [3.8, 4) is 11.8 Å². The number of rotatable bonds is 5. The quantitative estimate of drug-likeness (QED) is 0.764. The number of nitrogens with zero attached hydrogens (tertiary/aromatic N) is 3. The zero-order valence-electron chi connectivity index (χ0n) is 11.7. The van der Waals surface area contributed by atoms with Crippen LogP contribution >= 0.6 is 0 Å². The van der Waals surface area contributed by atoms with Crippen LogP contribution < -0.4 is 16.0 Å². The number of aryl methyl sites for hydroxylation is 1. The lowest BCUT2D eigenvalue weighted by Crippen LogP contribution is -2.38. The summed E-state index contributed by atoms with van der Waals surface area (Å²) in [6.07, 6.45) is 1.94. The average Bonchev–Trinajstić information content (AvgIpc) is 2.50. The Morgan fingerprint density at radius 1 is 1.24 bits per heavy atom. The largest absolute Gasteiger partial charge is 0.492 e. The number of ether oxygens (including phenoxy) is 1. The van der Waals surface area contributed by atoms with Gasteiger partial charge in [-0.2, -0.15) is 5.26 Å². The molecule has 1 aromatic heterocycles. The first-order valence-corrected chi connectivity index (χ1v) is 6.52. The van der Waals surface area contributed by atoms with E-state index in [0.717, 1.165) is 0 Å². The van der Waals surface area contributed by atoms with Crippen LogP contribution in [0.25, 0.3) is 0 Å². The van der Waals surface area contributed by atoms with E-state index in [-0.39, 0.29) is 17.8 Å². The Labute approximate surface area is 121 Å². The molecule has 0 fully saturated rings. The van der Waals surface area contributed by atoms with Crippen molar-refractivity contribution < 1.29 is 4.74 Å². The van der Waals surface area contributed by atoms with Gasteiger partial charge in [0, 0.05) is 25.9 Å². The zero-order valence-corrected chi connectivity index (χ0v) is 11.7. The monoisotopic (exact) mass is 285 g/mol. The minimum atomic E-state index is -0.347. The number of hydrogen-bond donors (Lipinski definition) is 0. The molecule has 0 saturated heterocycles. The Kier molecular flexibility index (Phi) is 4.57. The molecule has 0 radical (unpaired) electrons. The van der Waals surface area contributed by atoms with E-state index >= 15 is 0 Å². The predicted octanol–water partition coefficient (Wildman–Crippen LogP) is 0.888. The molecule has 2 aromatic rings. The van der Waals surface area contributed by atoms with Crippen LogP contribution in [0.15, 0.2) is 46.1 Å². The van der Waals surface area contributed by atoms with Gasteiger partial charge in [0.25, 0.3) is 5.56 Å². The van der Waals surface area contributed by atoms with E-state index in [4.69, 9.17) is 10.00 Å². The molecular formula is C15H15N3O3. The highest BCUT2D eigenvalue weighted by molar-refractivity contribution is 5.42. The van der Waals surface area contributed by atoms with Gasteiger partial charge in [-0.25, -0.2) is 4.79 Å². The molecular weight excluding hydrogens is 270 g/mol. The third-order valence-electron chi connectivity index (χ3n) is 3.03. The minimum absolute atomic E-state index is 0.279. The van der Waals surface area contributed by atoms with E-state index in [2.05, 4.69) is 0 Å². The van der Waals surface area contributed by atoms with Crippen LogP contribution in [0.5, 0.6) is 5.75 Å². The number of para-hydroxylation sites is 1. The van der Waals surface area contributed by atoms with E-state index in [1.54, 1.807) is 31.3 Å². The van der Waals surface area contributed by atoms with Crippen molar-refractivity contribution in [1.82, 2.24) is 9.13 Å². The molecule has 0 amide bonds. The first-order chi connectivity index (χ1) is 10.1. The van der Waals surface area contributed by atoms with Crippen molar-refractivity contribution in [3.05, 3.63) is 62.9 Å². The van der Waals surface area contributed by atoms with Gasteiger partial charge in [0.2, 0.25) is 0 Å². The van der Waals surface area contributed by atoms with Crippen molar-refractivity contribution in [3.63, 3.8) is 0 Å². The van der Waals surface area contributed by atoms with Crippen LogP contribution in [0.1, 0.15) is 12.0 Å². The van der Waals surface area contributed by atoms with Gasteiger partial charge in [0.15, 0.2) is 0 Å². The summed E-state index contributed by atoms with van der Waals surface area (Å²) in [7, 11) is 1.60. The van der Waals surface area contributed by atoms with Gasteiger partial charge in [0.1, 0.15) is 11.8 Å². The second-order valence-electron chi connectivity index (χ2n) is 4.51. The standard InChI is InChI=1S/C15H15N3O3/c1-17-9-7-14(19)18(15(17)20)8-4-10-21-13-6-3-2-5-12(13)11-16/h2-3,5-7,9H,4,8,10H2,1H3.